The first-order valence-electron chi connectivity index (χ1n) is 11.5. The Balaban J connectivity index is 2.62. The van der Waals surface area contributed by atoms with Crippen LogP contribution < -0.4 is 0 Å². The topological polar surface area (TPSA) is 83.5 Å². The molecule has 0 radical (unpaired) electrons. The molecule has 8 heteroatoms. The number of carbonyl (C=O) groups is 2. The van der Waals surface area contributed by atoms with Gasteiger partial charge in [0.1, 0.15) is 24.4 Å². The Labute approximate surface area is 194 Å². The van der Waals surface area contributed by atoms with Gasteiger partial charge >= 0.3 is 12.1 Å². The Morgan fingerprint density at radius 2 is 1.53 bits per heavy atom. The highest BCUT2D eigenvalue weighted by Gasteiger charge is 2.46. The fourth-order valence-corrected chi connectivity index (χ4v) is 4.53. The summed E-state index contributed by atoms with van der Waals surface area (Å²) in [5.41, 5.74) is -1.52. The molecule has 1 heterocycles. The summed E-state index contributed by atoms with van der Waals surface area (Å²) in [5, 5.41) is 0. The van der Waals surface area contributed by atoms with E-state index < -0.39 is 23.5 Å². The van der Waals surface area contributed by atoms with Crippen LogP contribution >= 0.6 is 0 Å². The monoisotopic (exact) mass is 459 g/mol. The van der Waals surface area contributed by atoms with Gasteiger partial charge in [-0.05, 0) is 69.2 Å². The summed E-state index contributed by atoms with van der Waals surface area (Å²) in [7, 11) is 0. The van der Waals surface area contributed by atoms with Crippen LogP contribution in [0.5, 0.6) is 0 Å². The molecule has 1 unspecified atom stereocenters. The molecule has 8 nitrogen and oxygen atoms in total. The molecule has 1 atom stereocenters. The van der Waals surface area contributed by atoms with Crippen molar-refractivity contribution in [2.24, 2.45) is 0 Å². The van der Waals surface area contributed by atoms with Crippen molar-refractivity contribution in [2.45, 2.75) is 130 Å². The number of piperidine rings is 1. The minimum atomic E-state index is -0.671. The van der Waals surface area contributed by atoms with E-state index in [9.17, 15) is 9.59 Å². The number of rotatable bonds is 9. The summed E-state index contributed by atoms with van der Waals surface area (Å²) >= 11 is 0. The molecule has 1 saturated heterocycles. The highest BCUT2D eigenvalue weighted by atomic mass is 17.2. The Bertz CT molecular complexity index is 619. The molecule has 188 valence electrons. The maximum Gasteiger partial charge on any atom is 0.508 e. The molecule has 0 aromatic carbocycles. The number of likely N-dealkylation sites (tertiary alicyclic amines) is 1. The van der Waals surface area contributed by atoms with E-state index in [1.54, 1.807) is 0 Å². The largest absolute Gasteiger partial charge is 0.508 e. The third-order valence-corrected chi connectivity index (χ3v) is 5.39. The average molecular weight is 460 g/mol. The van der Waals surface area contributed by atoms with E-state index in [0.717, 1.165) is 0 Å². The second-order valence-corrected chi connectivity index (χ2v) is 11.7. The third-order valence-electron chi connectivity index (χ3n) is 5.39. The molecule has 0 N–H and O–H groups in total. The minimum Gasteiger partial charge on any atom is -0.465 e. The standard InChI is InChI=1S/C24H45NO7/c1-17(14-24(10,11)32-31-21(3,4)5)29-20(27)30-19-15-22(6,7)25(23(8,9)16-19)12-13-28-18(2)26/h17,19H,12-16H2,1-11H3. The Morgan fingerprint density at radius 1 is 1.00 bits per heavy atom. The van der Waals surface area contributed by atoms with Gasteiger partial charge in [-0.2, -0.15) is 0 Å². The fraction of sp³-hybridized carbons (Fsp3) is 0.917. The predicted octanol–water partition coefficient (Wildman–Crippen LogP) is 5.03. The maximum absolute atomic E-state index is 12.5. The van der Waals surface area contributed by atoms with Crippen molar-refractivity contribution in [3.8, 4) is 0 Å². The molecule has 0 aromatic rings. The van der Waals surface area contributed by atoms with Crippen molar-refractivity contribution in [2.75, 3.05) is 13.2 Å². The molecule has 0 bridgehead atoms. The molecule has 1 fully saturated rings. The number of hydrogen-bond donors (Lipinski definition) is 0. The number of esters is 1. The van der Waals surface area contributed by atoms with Crippen LogP contribution in [-0.4, -0.2) is 64.7 Å². The van der Waals surface area contributed by atoms with E-state index in [1.807, 2.05) is 41.5 Å². The maximum atomic E-state index is 12.5. The third kappa shape index (κ3) is 10.0. The second-order valence-electron chi connectivity index (χ2n) is 11.7. The first-order chi connectivity index (χ1) is 14.3. The lowest BCUT2D eigenvalue weighted by Crippen LogP contribution is -2.63. The molecule has 1 aliphatic rings. The van der Waals surface area contributed by atoms with Crippen molar-refractivity contribution in [3.63, 3.8) is 0 Å². The summed E-state index contributed by atoms with van der Waals surface area (Å²) in [4.78, 5) is 36.9. The van der Waals surface area contributed by atoms with Gasteiger partial charge in [-0.15, -0.1) is 0 Å². The van der Waals surface area contributed by atoms with Gasteiger partial charge in [0.05, 0.1) is 5.60 Å². The minimum absolute atomic E-state index is 0.238. The molecule has 32 heavy (non-hydrogen) atoms. The zero-order chi connectivity index (χ0) is 25.0. The molecule has 1 rings (SSSR count). The van der Waals surface area contributed by atoms with Crippen LogP contribution in [0.25, 0.3) is 0 Å². The van der Waals surface area contributed by atoms with Gasteiger partial charge in [-0.1, -0.05) is 0 Å². The molecular weight excluding hydrogens is 414 g/mol. The summed E-state index contributed by atoms with van der Waals surface area (Å²) in [5.74, 6) is -0.283. The van der Waals surface area contributed by atoms with Crippen molar-refractivity contribution >= 4 is 12.1 Å². The van der Waals surface area contributed by atoms with E-state index >= 15 is 0 Å². The van der Waals surface area contributed by atoms with E-state index in [-0.39, 0.29) is 23.2 Å². The number of carbonyl (C=O) groups excluding carboxylic acids is 2. The molecule has 0 spiro atoms. The van der Waals surface area contributed by atoms with Gasteiger partial charge in [0, 0.05) is 43.8 Å². The number of ether oxygens (including phenoxy) is 3. The van der Waals surface area contributed by atoms with Crippen molar-refractivity contribution < 1.29 is 33.6 Å². The van der Waals surface area contributed by atoms with Crippen LogP contribution in [-0.2, 0) is 28.8 Å². The molecule has 0 amide bonds. The average Bonchev–Trinajstić information content (AvgIpc) is 2.53. The van der Waals surface area contributed by atoms with Gasteiger partial charge in [0.25, 0.3) is 0 Å². The molecule has 0 saturated carbocycles. The first-order valence-corrected chi connectivity index (χ1v) is 11.5. The highest BCUT2D eigenvalue weighted by Crippen LogP contribution is 2.39. The van der Waals surface area contributed by atoms with Crippen LogP contribution in [0.15, 0.2) is 0 Å². The van der Waals surface area contributed by atoms with E-state index in [1.165, 1.54) is 6.92 Å². The summed E-state index contributed by atoms with van der Waals surface area (Å²) in [6, 6.07) is 0. The van der Waals surface area contributed by atoms with E-state index in [4.69, 9.17) is 24.0 Å². The van der Waals surface area contributed by atoms with Crippen LogP contribution in [0.3, 0.4) is 0 Å². The summed E-state index contributed by atoms with van der Waals surface area (Å²) in [6.07, 6.45) is 0.449. The van der Waals surface area contributed by atoms with Crippen LogP contribution in [0.2, 0.25) is 0 Å². The lowest BCUT2D eigenvalue weighted by atomic mass is 9.78. The first kappa shape index (κ1) is 28.7. The van der Waals surface area contributed by atoms with Gasteiger partial charge in [-0.3, -0.25) is 9.69 Å². The van der Waals surface area contributed by atoms with Gasteiger partial charge in [0.15, 0.2) is 0 Å². The second kappa shape index (κ2) is 10.7. The molecule has 0 aliphatic carbocycles. The fourth-order valence-electron chi connectivity index (χ4n) is 4.53. The predicted molar refractivity (Wildman–Crippen MR) is 122 cm³/mol. The normalized spacial score (nSPS) is 20.5. The lowest BCUT2D eigenvalue weighted by molar-refractivity contribution is -0.399. The smallest absolute Gasteiger partial charge is 0.465 e. The summed E-state index contributed by atoms with van der Waals surface area (Å²) in [6.45, 7) is 22.1. The zero-order valence-corrected chi connectivity index (χ0v) is 22.0. The lowest BCUT2D eigenvalue weighted by Gasteiger charge is -2.54. The van der Waals surface area contributed by atoms with Gasteiger partial charge in [0.2, 0.25) is 0 Å². The number of hydrogen-bond acceptors (Lipinski definition) is 8. The Hall–Kier alpha value is -1.38. The van der Waals surface area contributed by atoms with Crippen LogP contribution in [0.4, 0.5) is 4.79 Å². The molecule has 0 aromatic heterocycles. The molecular formula is C24H45NO7. The molecule has 1 aliphatic heterocycles. The van der Waals surface area contributed by atoms with E-state index in [2.05, 4.69) is 32.6 Å². The Kier molecular flexibility index (Phi) is 9.58. The SMILES string of the molecule is CC(=O)OCCN1C(C)(C)CC(OC(=O)OC(C)CC(C)(C)OOC(C)(C)C)CC1(C)C. The Morgan fingerprint density at radius 3 is 2.00 bits per heavy atom. The van der Waals surface area contributed by atoms with Gasteiger partial charge < -0.3 is 14.2 Å². The van der Waals surface area contributed by atoms with Crippen molar-refractivity contribution in [1.29, 1.82) is 0 Å². The zero-order valence-electron chi connectivity index (χ0n) is 22.0. The highest BCUT2D eigenvalue weighted by molar-refractivity contribution is 5.65. The number of nitrogens with zero attached hydrogens (tertiary/aromatic N) is 1. The van der Waals surface area contributed by atoms with Crippen molar-refractivity contribution in [1.82, 2.24) is 4.90 Å². The van der Waals surface area contributed by atoms with E-state index in [0.29, 0.717) is 32.4 Å². The van der Waals surface area contributed by atoms with Crippen LogP contribution in [0.1, 0.15) is 95.4 Å². The van der Waals surface area contributed by atoms with Crippen molar-refractivity contribution in [3.05, 3.63) is 0 Å². The van der Waals surface area contributed by atoms with Gasteiger partial charge in [-0.25, -0.2) is 14.6 Å². The van der Waals surface area contributed by atoms with Crippen LogP contribution in [0, 0.1) is 0 Å². The summed E-state index contributed by atoms with van der Waals surface area (Å²) < 4.78 is 16.4. The quantitative estimate of drug-likeness (QED) is 0.270.